The molecule has 0 unspecified atom stereocenters. The van der Waals surface area contributed by atoms with Gasteiger partial charge in [0.1, 0.15) is 11.8 Å². The number of nitrogens with zero attached hydrogens (tertiary/aromatic N) is 3. The van der Waals surface area contributed by atoms with Crippen LogP contribution in [-0.4, -0.2) is 57.5 Å². The van der Waals surface area contributed by atoms with Crippen molar-refractivity contribution in [2.45, 2.75) is 69.8 Å². The molecule has 3 aromatic heterocycles. The first-order chi connectivity index (χ1) is 25.8. The maximum atomic E-state index is 13.3. The Kier molecular flexibility index (Phi) is 10.2. The number of fused-ring (bicyclic) bond motifs is 1. The number of pyridine rings is 2. The monoisotopic (exact) mass is 751 g/mol. The van der Waals surface area contributed by atoms with Crippen LogP contribution in [0.5, 0.6) is 5.88 Å². The lowest BCUT2D eigenvalue weighted by molar-refractivity contribution is -0.120. The highest BCUT2D eigenvalue weighted by atomic mass is 35.5. The molecule has 2 aromatic carbocycles. The summed E-state index contributed by atoms with van der Waals surface area (Å²) in [5.41, 5.74) is 6.38. The molecule has 8 rings (SSSR count). The van der Waals surface area contributed by atoms with E-state index in [1.165, 1.54) is 4.40 Å². The van der Waals surface area contributed by atoms with E-state index >= 15 is 0 Å². The number of carbonyl (C=O) groups excluding carboxylic acids is 2. The minimum Gasteiger partial charge on any atom is -0.474 e. The molecular formula is C40H39Cl2N7O4. The molecule has 1 aliphatic carbocycles. The van der Waals surface area contributed by atoms with Crippen LogP contribution >= 0.6 is 23.2 Å². The van der Waals surface area contributed by atoms with Crippen LogP contribution in [-0.2, 0) is 22.7 Å². The summed E-state index contributed by atoms with van der Waals surface area (Å²) in [5, 5.41) is 13.7. The number of benzene rings is 2. The first-order valence-electron chi connectivity index (χ1n) is 18.1. The molecule has 3 fully saturated rings. The summed E-state index contributed by atoms with van der Waals surface area (Å²) in [6.45, 7) is 2.19. The number of ether oxygens (including phenoxy) is 1. The van der Waals surface area contributed by atoms with Gasteiger partial charge in [0.25, 0.3) is 5.56 Å². The normalized spacial score (nSPS) is 18.4. The first kappa shape index (κ1) is 35.2. The van der Waals surface area contributed by atoms with Crippen LogP contribution in [0.4, 0.5) is 0 Å². The van der Waals surface area contributed by atoms with Gasteiger partial charge in [0, 0.05) is 96.9 Å². The first-order valence-corrected chi connectivity index (χ1v) is 18.8. The van der Waals surface area contributed by atoms with E-state index in [4.69, 9.17) is 32.9 Å². The number of rotatable bonds is 13. The van der Waals surface area contributed by atoms with Crippen LogP contribution in [0.25, 0.3) is 39.2 Å². The van der Waals surface area contributed by atoms with E-state index in [1.807, 2.05) is 60.7 Å². The van der Waals surface area contributed by atoms with Gasteiger partial charge in [0.2, 0.25) is 17.7 Å². The Hall–Kier alpha value is -4.81. The molecule has 11 nitrogen and oxygen atoms in total. The number of carbonyl (C=O) groups is 2. The molecule has 272 valence electrons. The number of nitrogens with one attached hydrogen (secondary N) is 4. The van der Waals surface area contributed by atoms with Gasteiger partial charge in [0.05, 0.1) is 15.7 Å². The van der Waals surface area contributed by atoms with Gasteiger partial charge in [-0.05, 0) is 49.4 Å². The molecule has 4 N–H and O–H groups in total. The molecule has 13 heteroatoms. The summed E-state index contributed by atoms with van der Waals surface area (Å²) in [6, 6.07) is 19.5. The van der Waals surface area contributed by atoms with Crippen molar-refractivity contribution in [3.63, 3.8) is 0 Å². The van der Waals surface area contributed by atoms with Gasteiger partial charge in [0.15, 0.2) is 0 Å². The fraction of sp³-hybridized carbons (Fsp3) is 0.325. The van der Waals surface area contributed by atoms with E-state index in [0.29, 0.717) is 71.9 Å². The summed E-state index contributed by atoms with van der Waals surface area (Å²) in [4.78, 5) is 45.9. The molecule has 0 spiro atoms. The second-order valence-electron chi connectivity index (χ2n) is 13.9. The standard InChI is InChI=1S/C40H39Cl2N7O4/c41-37-29(23-15-16-49-34(17-23)45-20-25(40(49)52)19-44-22-27-9-14-36(51)47-27)3-1-4-30(37)31-5-2-6-32(38(31)42)33-12-7-24(39(48-33)53-28-10-11-28)18-43-21-26-8-13-35(50)46-26/h1-7,12,15-17,20,26-28,43-44H,8-11,13-14,18-19,21-22H2,(H,46,50)(H,47,51)/t26-,27+/m0/s1. The maximum absolute atomic E-state index is 13.3. The molecule has 2 atom stereocenters. The minimum atomic E-state index is -0.157. The van der Waals surface area contributed by atoms with Crippen molar-refractivity contribution < 1.29 is 14.3 Å². The summed E-state index contributed by atoms with van der Waals surface area (Å²) in [5.74, 6) is 0.748. The zero-order valence-corrected chi connectivity index (χ0v) is 30.5. The van der Waals surface area contributed by atoms with Crippen molar-refractivity contribution in [2.24, 2.45) is 0 Å². The minimum absolute atomic E-state index is 0.0625. The second-order valence-corrected chi connectivity index (χ2v) is 14.7. The fourth-order valence-electron chi connectivity index (χ4n) is 6.93. The zero-order chi connectivity index (χ0) is 36.5. The van der Waals surface area contributed by atoms with Crippen LogP contribution in [0.1, 0.15) is 49.7 Å². The van der Waals surface area contributed by atoms with Gasteiger partial charge < -0.3 is 26.0 Å². The smallest absolute Gasteiger partial charge is 0.262 e. The van der Waals surface area contributed by atoms with E-state index in [0.717, 1.165) is 59.1 Å². The van der Waals surface area contributed by atoms with Gasteiger partial charge in [-0.3, -0.25) is 18.8 Å². The van der Waals surface area contributed by atoms with Crippen LogP contribution in [0, 0.1) is 0 Å². The molecule has 2 amide bonds. The molecular weight excluding hydrogens is 713 g/mol. The van der Waals surface area contributed by atoms with E-state index in [1.54, 1.807) is 12.4 Å². The highest BCUT2D eigenvalue weighted by Gasteiger charge is 2.27. The average molecular weight is 753 g/mol. The fourth-order valence-corrected chi connectivity index (χ4v) is 7.59. The number of aromatic nitrogens is 3. The zero-order valence-electron chi connectivity index (χ0n) is 29.0. The molecule has 5 aromatic rings. The largest absolute Gasteiger partial charge is 0.474 e. The van der Waals surface area contributed by atoms with Gasteiger partial charge in [-0.15, -0.1) is 0 Å². The number of hydrogen-bond acceptors (Lipinski definition) is 8. The molecule has 2 saturated heterocycles. The Balaban J connectivity index is 1.02. The van der Waals surface area contributed by atoms with Gasteiger partial charge >= 0.3 is 0 Å². The quantitative estimate of drug-likeness (QED) is 0.121. The van der Waals surface area contributed by atoms with Crippen LogP contribution in [0.3, 0.4) is 0 Å². The Bertz CT molecular complexity index is 2270. The average Bonchev–Trinajstić information content (AvgIpc) is 3.73. The summed E-state index contributed by atoms with van der Waals surface area (Å²) in [6.07, 6.45) is 8.22. The molecule has 2 aliphatic heterocycles. The van der Waals surface area contributed by atoms with Gasteiger partial charge in [-0.2, -0.15) is 0 Å². The lowest BCUT2D eigenvalue weighted by atomic mass is 9.97. The van der Waals surface area contributed by atoms with E-state index in [2.05, 4.69) is 26.3 Å². The third kappa shape index (κ3) is 7.79. The number of hydrogen-bond donors (Lipinski definition) is 4. The van der Waals surface area contributed by atoms with Crippen molar-refractivity contribution in [3.8, 4) is 39.4 Å². The van der Waals surface area contributed by atoms with Crippen molar-refractivity contribution >= 4 is 40.7 Å². The molecule has 5 heterocycles. The van der Waals surface area contributed by atoms with Crippen molar-refractivity contribution in [1.29, 1.82) is 0 Å². The SMILES string of the molecule is O=C1CC[C@H](CNCc2cnc3cc(-c4cccc(-c5cccc(-c6ccc(CNC[C@@H]7CCC(=O)N7)c(OC7CC7)n6)c5Cl)c4Cl)ccn3c2=O)N1. The predicted octanol–water partition coefficient (Wildman–Crippen LogP) is 5.67. The Morgan fingerprint density at radius 3 is 2.02 bits per heavy atom. The lowest BCUT2D eigenvalue weighted by Crippen LogP contribution is -2.36. The van der Waals surface area contributed by atoms with Crippen LogP contribution < -0.4 is 31.6 Å². The summed E-state index contributed by atoms with van der Waals surface area (Å²) in [7, 11) is 0. The highest BCUT2D eigenvalue weighted by molar-refractivity contribution is 6.39. The number of halogens is 2. The van der Waals surface area contributed by atoms with Gasteiger partial charge in [-0.1, -0.05) is 65.7 Å². The second kappa shape index (κ2) is 15.3. The molecule has 53 heavy (non-hydrogen) atoms. The van der Waals surface area contributed by atoms with E-state index in [9.17, 15) is 14.4 Å². The molecule has 3 aliphatic rings. The Morgan fingerprint density at radius 1 is 0.755 bits per heavy atom. The third-order valence-corrected chi connectivity index (χ3v) is 10.8. The molecule has 0 bridgehead atoms. The topological polar surface area (TPSA) is 139 Å². The van der Waals surface area contributed by atoms with Gasteiger partial charge in [-0.25, -0.2) is 9.97 Å². The summed E-state index contributed by atoms with van der Waals surface area (Å²) >= 11 is 14.3. The highest BCUT2D eigenvalue weighted by Crippen LogP contribution is 2.42. The third-order valence-electron chi connectivity index (χ3n) is 9.98. The number of amides is 2. The molecule has 1 saturated carbocycles. The lowest BCUT2D eigenvalue weighted by Gasteiger charge is -2.16. The van der Waals surface area contributed by atoms with Crippen molar-refractivity contribution in [1.82, 2.24) is 35.6 Å². The van der Waals surface area contributed by atoms with E-state index < -0.39 is 0 Å². The maximum Gasteiger partial charge on any atom is 0.262 e. The Morgan fingerprint density at radius 2 is 1.38 bits per heavy atom. The van der Waals surface area contributed by atoms with Crippen molar-refractivity contribution in [2.75, 3.05) is 13.1 Å². The van der Waals surface area contributed by atoms with Crippen LogP contribution in [0.2, 0.25) is 10.0 Å². The van der Waals surface area contributed by atoms with Crippen molar-refractivity contribution in [3.05, 3.63) is 105 Å². The summed E-state index contributed by atoms with van der Waals surface area (Å²) < 4.78 is 7.78. The predicted molar refractivity (Wildman–Crippen MR) is 205 cm³/mol. The molecule has 0 radical (unpaired) electrons. The van der Waals surface area contributed by atoms with Crippen LogP contribution in [0.15, 0.2) is 77.9 Å². The van der Waals surface area contributed by atoms with E-state index in [-0.39, 0.29) is 35.6 Å². The Labute approximate surface area is 316 Å².